The van der Waals surface area contributed by atoms with Crippen molar-refractivity contribution < 1.29 is 9.53 Å². The van der Waals surface area contributed by atoms with Crippen LogP contribution in [0.4, 0.5) is 0 Å². The molecule has 5 rings (SSSR count). The maximum absolute atomic E-state index is 12.8. The molecule has 1 amide bonds. The van der Waals surface area contributed by atoms with E-state index >= 15 is 0 Å². The quantitative estimate of drug-likeness (QED) is 0.572. The summed E-state index contributed by atoms with van der Waals surface area (Å²) < 4.78 is 7.93. The number of nitriles is 1. The second kappa shape index (κ2) is 8.73. The Morgan fingerprint density at radius 1 is 1.26 bits per heavy atom. The highest BCUT2D eigenvalue weighted by Crippen LogP contribution is 2.39. The maximum Gasteiger partial charge on any atom is 0.244 e. The number of amides is 1. The van der Waals surface area contributed by atoms with Gasteiger partial charge >= 0.3 is 0 Å². The van der Waals surface area contributed by atoms with Crippen LogP contribution in [-0.4, -0.2) is 33.7 Å². The molecule has 1 aliphatic carbocycles. The molecule has 2 atom stereocenters. The van der Waals surface area contributed by atoms with Gasteiger partial charge in [-0.2, -0.15) is 5.26 Å². The number of hydrogen-bond donors (Lipinski definition) is 1. The molecule has 1 aromatic carbocycles. The van der Waals surface area contributed by atoms with Crippen LogP contribution in [0.5, 0.6) is 0 Å². The molecule has 1 N–H and O–H groups in total. The third-order valence-electron chi connectivity index (χ3n) is 6.99. The number of nitrogens with zero attached hydrogens (tertiary/aromatic N) is 3. The summed E-state index contributed by atoms with van der Waals surface area (Å²) >= 11 is 0. The van der Waals surface area contributed by atoms with Crippen molar-refractivity contribution in [1.29, 1.82) is 5.26 Å². The minimum absolute atomic E-state index is 0.0771. The van der Waals surface area contributed by atoms with E-state index in [1.165, 1.54) is 11.1 Å². The van der Waals surface area contributed by atoms with E-state index in [4.69, 9.17) is 9.72 Å². The fourth-order valence-electron chi connectivity index (χ4n) is 5.45. The molecule has 2 unspecified atom stereocenters. The SMILES string of the molecule is Cc1ccc2c(C#N)c(/C=C/C(=O)NC3CCOC(C)(C)C3)n(C3CCc4ccccc43)c2n1. The molecule has 0 bridgehead atoms. The molecule has 3 heterocycles. The maximum atomic E-state index is 12.8. The average Bonchev–Trinajstić information content (AvgIpc) is 3.34. The van der Waals surface area contributed by atoms with Crippen LogP contribution in [0.25, 0.3) is 17.1 Å². The number of nitrogens with one attached hydrogen (secondary N) is 1. The van der Waals surface area contributed by atoms with Gasteiger partial charge in [0.1, 0.15) is 11.7 Å². The Balaban J connectivity index is 1.54. The van der Waals surface area contributed by atoms with Crippen molar-refractivity contribution in [3.63, 3.8) is 0 Å². The lowest BCUT2D eigenvalue weighted by Gasteiger charge is -2.35. The van der Waals surface area contributed by atoms with Crippen molar-refractivity contribution in [2.75, 3.05) is 6.61 Å². The van der Waals surface area contributed by atoms with E-state index in [1.54, 1.807) is 12.2 Å². The smallest absolute Gasteiger partial charge is 0.244 e. The Bertz CT molecular complexity index is 1330. The van der Waals surface area contributed by atoms with Gasteiger partial charge < -0.3 is 14.6 Å². The number of carbonyl (C=O) groups is 1. The van der Waals surface area contributed by atoms with Crippen molar-refractivity contribution in [2.45, 2.75) is 64.1 Å². The summed E-state index contributed by atoms with van der Waals surface area (Å²) in [5.41, 5.74) is 5.34. The number of ether oxygens (including phenoxy) is 1. The van der Waals surface area contributed by atoms with Crippen LogP contribution in [0.2, 0.25) is 0 Å². The molecule has 174 valence electrons. The first kappa shape index (κ1) is 22.4. The molecule has 0 spiro atoms. The summed E-state index contributed by atoms with van der Waals surface area (Å²) in [7, 11) is 0. The number of rotatable bonds is 4. The molecule has 1 aliphatic heterocycles. The zero-order chi connectivity index (χ0) is 23.9. The fraction of sp³-hybridized carbons (Fsp3) is 0.393. The second-order valence-electron chi connectivity index (χ2n) is 9.96. The summed E-state index contributed by atoms with van der Waals surface area (Å²) in [6, 6.07) is 14.9. The largest absolute Gasteiger partial charge is 0.375 e. The van der Waals surface area contributed by atoms with Gasteiger partial charge in [-0.1, -0.05) is 24.3 Å². The molecule has 6 nitrogen and oxygen atoms in total. The normalized spacial score (nSPS) is 21.5. The van der Waals surface area contributed by atoms with Crippen molar-refractivity contribution in [1.82, 2.24) is 14.9 Å². The molecule has 0 radical (unpaired) electrons. The van der Waals surface area contributed by atoms with Gasteiger partial charge in [0.15, 0.2) is 0 Å². The van der Waals surface area contributed by atoms with E-state index in [9.17, 15) is 10.1 Å². The van der Waals surface area contributed by atoms with Crippen molar-refractivity contribution in [3.8, 4) is 6.07 Å². The minimum Gasteiger partial charge on any atom is -0.375 e. The third-order valence-corrected chi connectivity index (χ3v) is 6.99. The van der Waals surface area contributed by atoms with Crippen molar-refractivity contribution in [3.05, 3.63) is 70.6 Å². The lowest BCUT2D eigenvalue weighted by Crippen LogP contribution is -2.45. The molecule has 0 saturated carbocycles. The summed E-state index contributed by atoms with van der Waals surface area (Å²) in [6.45, 7) is 6.70. The van der Waals surface area contributed by atoms with Crippen LogP contribution in [0, 0.1) is 18.3 Å². The van der Waals surface area contributed by atoms with E-state index in [0.29, 0.717) is 12.2 Å². The lowest BCUT2D eigenvalue weighted by atomic mass is 9.94. The summed E-state index contributed by atoms with van der Waals surface area (Å²) in [6.07, 6.45) is 6.84. The molecule has 6 heteroatoms. The van der Waals surface area contributed by atoms with Crippen LogP contribution < -0.4 is 5.32 Å². The van der Waals surface area contributed by atoms with Gasteiger partial charge in [0, 0.05) is 29.8 Å². The number of aryl methyl sites for hydroxylation is 2. The zero-order valence-electron chi connectivity index (χ0n) is 20.0. The highest BCUT2D eigenvalue weighted by atomic mass is 16.5. The number of fused-ring (bicyclic) bond motifs is 2. The first-order valence-electron chi connectivity index (χ1n) is 12.0. The number of aromatic nitrogens is 2. The number of carbonyl (C=O) groups excluding carboxylic acids is 1. The average molecular weight is 455 g/mol. The van der Waals surface area contributed by atoms with Crippen molar-refractivity contribution in [2.24, 2.45) is 0 Å². The van der Waals surface area contributed by atoms with Gasteiger partial charge in [-0.05, 0) is 75.8 Å². The Morgan fingerprint density at radius 3 is 2.88 bits per heavy atom. The summed E-state index contributed by atoms with van der Waals surface area (Å²) in [4.78, 5) is 17.7. The number of hydrogen-bond acceptors (Lipinski definition) is 4. The highest BCUT2D eigenvalue weighted by molar-refractivity contribution is 5.95. The minimum atomic E-state index is -0.236. The van der Waals surface area contributed by atoms with Crippen LogP contribution in [0.15, 0.2) is 42.5 Å². The van der Waals surface area contributed by atoms with Gasteiger partial charge in [0.05, 0.1) is 22.9 Å². The standard InChI is InChI=1S/C28H30N4O2/c1-18-8-10-22-23(17-29)25(12-13-26(33)31-20-14-15-34-28(2,3)16-20)32(27(22)30-18)24-11-9-19-6-4-5-7-21(19)24/h4-8,10,12-13,20,24H,9,11,14-16H2,1-3H3,(H,31,33)/b13-12+. The fourth-order valence-corrected chi connectivity index (χ4v) is 5.45. The predicted octanol–water partition coefficient (Wildman–Crippen LogP) is 4.84. The van der Waals surface area contributed by atoms with E-state index in [1.807, 2.05) is 32.9 Å². The van der Waals surface area contributed by atoms with Gasteiger partial charge in [-0.15, -0.1) is 0 Å². The van der Waals surface area contributed by atoms with E-state index < -0.39 is 0 Å². The van der Waals surface area contributed by atoms with Crippen molar-refractivity contribution >= 4 is 23.0 Å². The Hall–Kier alpha value is -3.43. The van der Waals surface area contributed by atoms with Gasteiger partial charge in [0.25, 0.3) is 0 Å². The predicted molar refractivity (Wildman–Crippen MR) is 132 cm³/mol. The van der Waals surface area contributed by atoms with E-state index in [0.717, 1.165) is 48.1 Å². The Labute approximate surface area is 200 Å². The Kier molecular flexibility index (Phi) is 5.75. The molecule has 3 aromatic rings. The number of pyridine rings is 1. The zero-order valence-corrected chi connectivity index (χ0v) is 20.0. The van der Waals surface area contributed by atoms with Crippen LogP contribution in [-0.2, 0) is 16.0 Å². The second-order valence-corrected chi connectivity index (χ2v) is 9.96. The molecular formula is C28H30N4O2. The summed E-state index contributed by atoms with van der Waals surface area (Å²) in [5, 5.41) is 14.0. The van der Waals surface area contributed by atoms with Crippen LogP contribution in [0.1, 0.15) is 67.2 Å². The third kappa shape index (κ3) is 4.12. The molecule has 1 fully saturated rings. The van der Waals surface area contributed by atoms with Crippen LogP contribution >= 0.6 is 0 Å². The first-order chi connectivity index (χ1) is 16.4. The van der Waals surface area contributed by atoms with E-state index in [2.05, 4.69) is 40.2 Å². The monoisotopic (exact) mass is 454 g/mol. The Morgan fingerprint density at radius 2 is 2.09 bits per heavy atom. The molecule has 2 aliphatic rings. The van der Waals surface area contributed by atoms with Gasteiger partial charge in [-0.3, -0.25) is 4.79 Å². The summed E-state index contributed by atoms with van der Waals surface area (Å²) in [5.74, 6) is -0.153. The van der Waals surface area contributed by atoms with Gasteiger partial charge in [0.2, 0.25) is 5.91 Å². The van der Waals surface area contributed by atoms with Gasteiger partial charge in [-0.25, -0.2) is 4.98 Å². The van der Waals surface area contributed by atoms with E-state index in [-0.39, 0.29) is 23.6 Å². The highest BCUT2D eigenvalue weighted by Gasteiger charge is 2.30. The molecule has 34 heavy (non-hydrogen) atoms. The first-order valence-corrected chi connectivity index (χ1v) is 12.0. The lowest BCUT2D eigenvalue weighted by molar-refractivity contribution is -0.119. The molecular weight excluding hydrogens is 424 g/mol. The topological polar surface area (TPSA) is 79.9 Å². The molecule has 1 saturated heterocycles. The number of benzene rings is 1. The van der Waals surface area contributed by atoms with Crippen LogP contribution in [0.3, 0.4) is 0 Å². The molecule has 2 aromatic heterocycles.